The van der Waals surface area contributed by atoms with Gasteiger partial charge in [-0.05, 0) is 24.6 Å². The van der Waals surface area contributed by atoms with Crippen molar-refractivity contribution in [2.75, 3.05) is 26.3 Å². The van der Waals surface area contributed by atoms with Crippen LogP contribution in [-0.4, -0.2) is 31.0 Å². The van der Waals surface area contributed by atoms with E-state index in [0.29, 0.717) is 13.2 Å². The summed E-state index contributed by atoms with van der Waals surface area (Å²) in [5.41, 5.74) is 0. The van der Waals surface area contributed by atoms with Gasteiger partial charge < -0.3 is 9.05 Å². The van der Waals surface area contributed by atoms with Gasteiger partial charge in [0.15, 0.2) is 0 Å². The third kappa shape index (κ3) is 5.41. The Labute approximate surface area is 99.4 Å². The Kier molecular flexibility index (Phi) is 8.96. The lowest BCUT2D eigenvalue weighted by atomic mass is 10.5. The first-order valence-electron chi connectivity index (χ1n) is 5.79. The van der Waals surface area contributed by atoms with Crippen LogP contribution in [0.1, 0.15) is 40.5 Å². The van der Waals surface area contributed by atoms with Crippen molar-refractivity contribution in [3.05, 3.63) is 0 Å². The van der Waals surface area contributed by atoms with Crippen LogP contribution >= 0.6 is 6.64 Å². The Morgan fingerprint density at radius 2 is 1.33 bits per heavy atom. The molecule has 0 fully saturated rings. The van der Waals surface area contributed by atoms with E-state index < -0.39 is 6.64 Å². The topological polar surface area (TPSA) is 21.7 Å². The van der Waals surface area contributed by atoms with Gasteiger partial charge in [-0.25, -0.2) is 4.67 Å². The van der Waals surface area contributed by atoms with Gasteiger partial charge in [0.25, 0.3) is 6.64 Å². The highest BCUT2D eigenvalue weighted by Crippen LogP contribution is 2.52. The summed E-state index contributed by atoms with van der Waals surface area (Å²) in [5.74, 6) is 0. The number of nitrogens with zero attached hydrogens (tertiary/aromatic N) is 1. The first-order chi connectivity index (χ1) is 7.14. The predicted molar refractivity (Wildman–Crippen MR) is 69.7 cm³/mol. The van der Waals surface area contributed by atoms with Gasteiger partial charge in [0, 0.05) is 13.1 Å². The lowest BCUT2D eigenvalue weighted by Crippen LogP contribution is -2.22. The van der Waals surface area contributed by atoms with Crippen molar-refractivity contribution < 1.29 is 9.05 Å². The van der Waals surface area contributed by atoms with E-state index in [-0.39, 0.29) is 0 Å². The van der Waals surface area contributed by atoms with Crippen LogP contribution in [0.25, 0.3) is 0 Å². The minimum absolute atomic E-state index is 0.692. The standard InChI is InChI=1S/C10H24NO2PS/c1-5-9-12-14(15,13-10-6-2)11(7-3)8-4/h5-10H2,1-4H3. The largest absolute Gasteiger partial charge is 0.318 e. The maximum atomic E-state index is 5.75. The van der Waals surface area contributed by atoms with E-state index in [2.05, 4.69) is 32.4 Å². The molecule has 0 aromatic heterocycles. The molecule has 0 N–H and O–H groups in total. The van der Waals surface area contributed by atoms with Gasteiger partial charge in [-0.15, -0.1) is 0 Å². The zero-order valence-corrected chi connectivity index (χ0v) is 12.1. The lowest BCUT2D eigenvalue weighted by Gasteiger charge is -2.31. The summed E-state index contributed by atoms with van der Waals surface area (Å²) in [7, 11) is 0. The minimum Gasteiger partial charge on any atom is -0.318 e. The molecule has 0 aliphatic heterocycles. The van der Waals surface area contributed by atoms with Gasteiger partial charge in [-0.2, -0.15) is 0 Å². The van der Waals surface area contributed by atoms with Crippen LogP contribution in [0.5, 0.6) is 0 Å². The highest BCUT2D eigenvalue weighted by atomic mass is 32.5. The van der Waals surface area contributed by atoms with Gasteiger partial charge >= 0.3 is 0 Å². The SMILES string of the molecule is CCCOP(=S)(OCCC)N(CC)CC. The van der Waals surface area contributed by atoms with E-state index in [4.69, 9.17) is 20.9 Å². The van der Waals surface area contributed by atoms with Crippen LogP contribution in [0.2, 0.25) is 0 Å². The predicted octanol–water partition coefficient (Wildman–Crippen LogP) is 3.41. The Hall–Kier alpha value is 0.530. The highest BCUT2D eigenvalue weighted by molar-refractivity contribution is 8.08. The molecule has 0 rings (SSSR count). The van der Waals surface area contributed by atoms with Gasteiger partial charge in [-0.3, -0.25) is 0 Å². The highest BCUT2D eigenvalue weighted by Gasteiger charge is 2.25. The van der Waals surface area contributed by atoms with Crippen molar-refractivity contribution in [3.63, 3.8) is 0 Å². The molecule has 0 aliphatic rings. The maximum Gasteiger partial charge on any atom is 0.263 e. The fourth-order valence-corrected chi connectivity index (χ4v) is 4.24. The average molecular weight is 253 g/mol. The van der Waals surface area contributed by atoms with Crippen LogP contribution in [0.3, 0.4) is 0 Å². The summed E-state index contributed by atoms with van der Waals surface area (Å²) in [6.07, 6.45) is 1.96. The third-order valence-electron chi connectivity index (χ3n) is 1.99. The molecule has 5 heteroatoms. The Morgan fingerprint density at radius 1 is 0.933 bits per heavy atom. The van der Waals surface area contributed by atoms with E-state index in [9.17, 15) is 0 Å². The van der Waals surface area contributed by atoms with E-state index in [1.165, 1.54) is 0 Å². The van der Waals surface area contributed by atoms with Crippen molar-refractivity contribution in [1.29, 1.82) is 0 Å². The summed E-state index contributed by atoms with van der Waals surface area (Å²) < 4.78 is 13.6. The third-order valence-corrected chi connectivity index (χ3v) is 5.60. The average Bonchev–Trinajstić information content (AvgIpc) is 2.25. The quantitative estimate of drug-likeness (QED) is 0.587. The lowest BCUT2D eigenvalue weighted by molar-refractivity contribution is 0.205. The van der Waals surface area contributed by atoms with E-state index in [1.807, 2.05) is 0 Å². The van der Waals surface area contributed by atoms with Crippen molar-refractivity contribution in [3.8, 4) is 0 Å². The molecule has 0 heterocycles. The molecule has 15 heavy (non-hydrogen) atoms. The number of rotatable bonds is 9. The second-order valence-corrected chi connectivity index (χ2v) is 6.68. The second kappa shape index (κ2) is 8.66. The van der Waals surface area contributed by atoms with Crippen molar-refractivity contribution in [2.24, 2.45) is 0 Å². The zero-order chi connectivity index (χ0) is 11.7. The van der Waals surface area contributed by atoms with Crippen LogP contribution < -0.4 is 0 Å². The molecule has 3 nitrogen and oxygen atoms in total. The van der Waals surface area contributed by atoms with E-state index in [0.717, 1.165) is 25.9 Å². The molecule has 0 aromatic rings. The maximum absolute atomic E-state index is 5.75. The Balaban J connectivity index is 4.44. The van der Waals surface area contributed by atoms with Crippen molar-refractivity contribution in [2.45, 2.75) is 40.5 Å². The summed E-state index contributed by atoms with van der Waals surface area (Å²) in [5, 5.41) is 0. The van der Waals surface area contributed by atoms with Crippen molar-refractivity contribution >= 4 is 18.4 Å². The van der Waals surface area contributed by atoms with E-state index >= 15 is 0 Å². The monoisotopic (exact) mass is 253 g/mol. The molecule has 0 atom stereocenters. The Bertz CT molecular complexity index is 186. The molecule has 0 saturated heterocycles. The molecule has 92 valence electrons. The number of hydrogen-bond acceptors (Lipinski definition) is 3. The second-order valence-electron chi connectivity index (χ2n) is 3.27. The fraction of sp³-hybridized carbons (Fsp3) is 1.00. The molecular formula is C10H24NO2PS. The van der Waals surface area contributed by atoms with Gasteiger partial charge in [-0.1, -0.05) is 27.7 Å². The Morgan fingerprint density at radius 3 is 1.60 bits per heavy atom. The first kappa shape index (κ1) is 15.5. The van der Waals surface area contributed by atoms with E-state index in [1.54, 1.807) is 0 Å². The summed E-state index contributed by atoms with van der Waals surface area (Å²) >= 11 is 5.55. The molecule has 0 spiro atoms. The van der Waals surface area contributed by atoms with Crippen molar-refractivity contribution in [1.82, 2.24) is 4.67 Å². The fourth-order valence-electron chi connectivity index (χ4n) is 1.18. The smallest absolute Gasteiger partial charge is 0.263 e. The van der Waals surface area contributed by atoms with Crippen LogP contribution in [0.15, 0.2) is 0 Å². The first-order valence-corrected chi connectivity index (χ1v) is 8.38. The minimum atomic E-state index is -2.20. The molecule has 0 radical (unpaired) electrons. The summed E-state index contributed by atoms with van der Waals surface area (Å²) in [4.78, 5) is 0. The van der Waals surface area contributed by atoms with Gasteiger partial charge in [0.1, 0.15) is 0 Å². The van der Waals surface area contributed by atoms with Crippen LogP contribution in [-0.2, 0) is 20.9 Å². The molecule has 0 unspecified atom stereocenters. The molecule has 0 aliphatic carbocycles. The molecular weight excluding hydrogens is 229 g/mol. The normalized spacial score (nSPS) is 12.3. The molecule has 0 saturated carbocycles. The van der Waals surface area contributed by atoms with Crippen LogP contribution in [0.4, 0.5) is 0 Å². The number of hydrogen-bond donors (Lipinski definition) is 0. The zero-order valence-electron chi connectivity index (χ0n) is 10.4. The van der Waals surface area contributed by atoms with Gasteiger partial charge in [0.2, 0.25) is 0 Å². The molecule has 0 aromatic carbocycles. The van der Waals surface area contributed by atoms with Gasteiger partial charge in [0.05, 0.1) is 13.2 Å². The van der Waals surface area contributed by atoms with Crippen LogP contribution in [0, 0.1) is 0 Å². The summed E-state index contributed by atoms with van der Waals surface area (Å²) in [6, 6.07) is 0. The molecule has 0 bridgehead atoms. The summed E-state index contributed by atoms with van der Waals surface area (Å²) in [6.45, 7) is 9.32. The molecule has 0 amide bonds.